The zero-order valence-electron chi connectivity index (χ0n) is 9.95. The van der Waals surface area contributed by atoms with Gasteiger partial charge in [0.1, 0.15) is 0 Å². The van der Waals surface area contributed by atoms with Gasteiger partial charge in [-0.1, -0.05) is 6.92 Å². The Bertz CT molecular complexity index is 548. The number of anilines is 1. The fourth-order valence-corrected chi connectivity index (χ4v) is 1.83. The van der Waals surface area contributed by atoms with E-state index >= 15 is 0 Å². The molecular weight excluding hydrogens is 230 g/mol. The number of pyridine rings is 1. The summed E-state index contributed by atoms with van der Waals surface area (Å²) in [6, 6.07) is 3.57. The smallest absolute Gasteiger partial charge is 0.227 e. The second-order valence-electron chi connectivity index (χ2n) is 4.53. The number of aromatic nitrogens is 4. The van der Waals surface area contributed by atoms with Crippen LogP contribution in [-0.4, -0.2) is 25.9 Å². The SMILES string of the molecule is CC1CC1C(=O)Nc1ccc(-n2nccn2)nc1. The van der Waals surface area contributed by atoms with E-state index in [9.17, 15) is 4.79 Å². The number of hydrogen-bond donors (Lipinski definition) is 1. The summed E-state index contributed by atoms with van der Waals surface area (Å²) in [4.78, 5) is 17.4. The first-order chi connectivity index (χ1) is 8.74. The summed E-state index contributed by atoms with van der Waals surface area (Å²) in [7, 11) is 0. The van der Waals surface area contributed by atoms with E-state index in [-0.39, 0.29) is 11.8 Å². The predicted octanol–water partition coefficient (Wildman–Crippen LogP) is 1.26. The lowest BCUT2D eigenvalue weighted by molar-refractivity contribution is -0.117. The number of nitrogens with zero attached hydrogens (tertiary/aromatic N) is 4. The summed E-state index contributed by atoms with van der Waals surface area (Å²) in [5.41, 5.74) is 0.704. The van der Waals surface area contributed by atoms with Crippen LogP contribution >= 0.6 is 0 Å². The lowest BCUT2D eigenvalue weighted by Gasteiger charge is -2.04. The van der Waals surface area contributed by atoms with E-state index in [1.54, 1.807) is 30.7 Å². The van der Waals surface area contributed by atoms with Gasteiger partial charge in [-0.05, 0) is 24.5 Å². The van der Waals surface area contributed by atoms with Crippen LogP contribution in [0.3, 0.4) is 0 Å². The maximum atomic E-state index is 11.7. The molecule has 1 fully saturated rings. The van der Waals surface area contributed by atoms with Crippen molar-refractivity contribution in [3.63, 3.8) is 0 Å². The number of nitrogens with one attached hydrogen (secondary N) is 1. The first kappa shape index (κ1) is 10.9. The number of carbonyl (C=O) groups is 1. The van der Waals surface area contributed by atoms with Crippen molar-refractivity contribution in [2.24, 2.45) is 11.8 Å². The molecule has 18 heavy (non-hydrogen) atoms. The van der Waals surface area contributed by atoms with Crippen LogP contribution in [0.2, 0.25) is 0 Å². The fourth-order valence-electron chi connectivity index (χ4n) is 1.83. The van der Waals surface area contributed by atoms with Gasteiger partial charge < -0.3 is 5.32 Å². The molecule has 3 rings (SSSR count). The van der Waals surface area contributed by atoms with Gasteiger partial charge >= 0.3 is 0 Å². The van der Waals surface area contributed by atoms with Gasteiger partial charge in [-0.25, -0.2) is 4.98 Å². The zero-order valence-corrected chi connectivity index (χ0v) is 9.95. The van der Waals surface area contributed by atoms with E-state index in [4.69, 9.17) is 0 Å². The van der Waals surface area contributed by atoms with Crippen molar-refractivity contribution in [1.82, 2.24) is 20.0 Å². The van der Waals surface area contributed by atoms with E-state index < -0.39 is 0 Å². The Kier molecular flexibility index (Phi) is 2.55. The van der Waals surface area contributed by atoms with Crippen molar-refractivity contribution in [3.05, 3.63) is 30.7 Å². The third kappa shape index (κ3) is 2.09. The van der Waals surface area contributed by atoms with Crippen molar-refractivity contribution in [1.29, 1.82) is 0 Å². The Morgan fingerprint density at radius 3 is 2.67 bits per heavy atom. The topological polar surface area (TPSA) is 72.7 Å². The Labute approximate surface area is 104 Å². The molecule has 2 aromatic heterocycles. The Hall–Kier alpha value is -2.24. The molecule has 0 spiro atoms. The molecule has 1 aliphatic rings. The second-order valence-corrected chi connectivity index (χ2v) is 4.53. The summed E-state index contributed by atoms with van der Waals surface area (Å²) >= 11 is 0. The Morgan fingerprint density at radius 1 is 1.39 bits per heavy atom. The number of hydrogen-bond acceptors (Lipinski definition) is 4. The van der Waals surface area contributed by atoms with Gasteiger partial charge in [0.15, 0.2) is 5.82 Å². The monoisotopic (exact) mass is 243 g/mol. The van der Waals surface area contributed by atoms with E-state index in [0.29, 0.717) is 17.4 Å². The first-order valence-corrected chi connectivity index (χ1v) is 5.87. The Morgan fingerprint density at radius 2 is 2.11 bits per heavy atom. The van der Waals surface area contributed by atoms with Crippen LogP contribution in [0.1, 0.15) is 13.3 Å². The highest BCUT2D eigenvalue weighted by Crippen LogP contribution is 2.38. The van der Waals surface area contributed by atoms with Crippen LogP contribution in [0.4, 0.5) is 5.69 Å². The molecule has 1 amide bonds. The molecule has 0 bridgehead atoms. The quantitative estimate of drug-likeness (QED) is 0.880. The van der Waals surface area contributed by atoms with Gasteiger partial charge in [0.05, 0.1) is 24.3 Å². The molecule has 2 atom stereocenters. The fraction of sp³-hybridized carbons (Fsp3) is 0.333. The minimum absolute atomic E-state index is 0.0780. The van der Waals surface area contributed by atoms with Gasteiger partial charge in [-0.3, -0.25) is 4.79 Å². The maximum Gasteiger partial charge on any atom is 0.227 e. The molecule has 0 aliphatic heterocycles. The standard InChI is InChI=1S/C12H13N5O/c1-8-6-10(8)12(18)16-9-2-3-11(13-7-9)17-14-4-5-15-17/h2-5,7-8,10H,6H2,1H3,(H,16,18). The van der Waals surface area contributed by atoms with Crippen LogP contribution in [0.5, 0.6) is 0 Å². The molecule has 2 aromatic rings. The highest BCUT2D eigenvalue weighted by atomic mass is 16.2. The lowest BCUT2D eigenvalue weighted by atomic mass is 10.3. The molecule has 92 valence electrons. The normalized spacial score (nSPS) is 21.6. The zero-order chi connectivity index (χ0) is 12.5. The Balaban J connectivity index is 1.69. The van der Waals surface area contributed by atoms with E-state index in [1.165, 1.54) is 4.80 Å². The molecule has 0 saturated heterocycles. The van der Waals surface area contributed by atoms with E-state index in [1.807, 2.05) is 0 Å². The van der Waals surface area contributed by atoms with Gasteiger partial charge in [0, 0.05) is 5.92 Å². The summed E-state index contributed by atoms with van der Waals surface area (Å²) in [5, 5.41) is 10.8. The van der Waals surface area contributed by atoms with Crippen LogP contribution in [0.15, 0.2) is 30.7 Å². The van der Waals surface area contributed by atoms with Crippen LogP contribution in [0.25, 0.3) is 5.82 Å². The molecule has 1 saturated carbocycles. The van der Waals surface area contributed by atoms with Gasteiger partial charge in [0.2, 0.25) is 5.91 Å². The largest absolute Gasteiger partial charge is 0.324 e. The van der Waals surface area contributed by atoms with Crippen molar-refractivity contribution in [2.75, 3.05) is 5.32 Å². The van der Waals surface area contributed by atoms with Crippen molar-refractivity contribution >= 4 is 11.6 Å². The molecular formula is C12H13N5O. The van der Waals surface area contributed by atoms with Crippen LogP contribution in [-0.2, 0) is 4.79 Å². The third-order valence-electron chi connectivity index (χ3n) is 3.09. The molecule has 6 heteroatoms. The van der Waals surface area contributed by atoms with E-state index in [2.05, 4.69) is 27.4 Å². The summed E-state index contributed by atoms with van der Waals surface area (Å²) in [5.74, 6) is 1.37. The molecule has 0 radical (unpaired) electrons. The minimum atomic E-state index is 0.0780. The average molecular weight is 243 g/mol. The van der Waals surface area contributed by atoms with Crippen molar-refractivity contribution in [2.45, 2.75) is 13.3 Å². The predicted molar refractivity (Wildman–Crippen MR) is 65.1 cm³/mol. The number of carbonyl (C=O) groups excluding carboxylic acids is 1. The maximum absolute atomic E-state index is 11.7. The van der Waals surface area contributed by atoms with Crippen molar-refractivity contribution < 1.29 is 4.79 Å². The molecule has 1 aliphatic carbocycles. The second kappa shape index (κ2) is 4.21. The molecule has 2 unspecified atom stereocenters. The molecule has 1 N–H and O–H groups in total. The van der Waals surface area contributed by atoms with Gasteiger partial charge in [-0.2, -0.15) is 10.2 Å². The van der Waals surface area contributed by atoms with Gasteiger partial charge in [-0.15, -0.1) is 4.80 Å². The highest BCUT2D eigenvalue weighted by molar-refractivity contribution is 5.94. The molecule has 0 aromatic carbocycles. The number of rotatable bonds is 3. The van der Waals surface area contributed by atoms with Crippen LogP contribution in [0, 0.1) is 11.8 Å². The average Bonchev–Trinajstić information content (AvgIpc) is 2.91. The molecule has 2 heterocycles. The summed E-state index contributed by atoms with van der Waals surface area (Å²) in [6.45, 7) is 2.08. The minimum Gasteiger partial charge on any atom is -0.324 e. The third-order valence-corrected chi connectivity index (χ3v) is 3.09. The number of amides is 1. The summed E-state index contributed by atoms with van der Waals surface area (Å²) < 4.78 is 0. The van der Waals surface area contributed by atoms with E-state index in [0.717, 1.165) is 6.42 Å². The highest BCUT2D eigenvalue weighted by Gasteiger charge is 2.39. The lowest BCUT2D eigenvalue weighted by Crippen LogP contribution is -2.14. The van der Waals surface area contributed by atoms with Gasteiger partial charge in [0.25, 0.3) is 0 Å². The first-order valence-electron chi connectivity index (χ1n) is 5.87. The van der Waals surface area contributed by atoms with Crippen LogP contribution < -0.4 is 5.32 Å². The summed E-state index contributed by atoms with van der Waals surface area (Å²) in [6.07, 6.45) is 5.77. The molecule has 6 nitrogen and oxygen atoms in total. The van der Waals surface area contributed by atoms with Crippen molar-refractivity contribution in [3.8, 4) is 5.82 Å².